The number of nitriles is 2. The van der Waals surface area contributed by atoms with E-state index in [2.05, 4.69) is 12.1 Å². The predicted octanol–water partition coefficient (Wildman–Crippen LogP) is 2.19. The minimum absolute atomic E-state index is 0.108. The van der Waals surface area contributed by atoms with Crippen LogP contribution in [0, 0.1) is 22.7 Å². The van der Waals surface area contributed by atoms with Gasteiger partial charge in [-0.05, 0) is 17.7 Å². The number of rotatable bonds is 2. The highest BCUT2D eigenvalue weighted by molar-refractivity contribution is 8.03. The summed E-state index contributed by atoms with van der Waals surface area (Å²) in [5.74, 6) is 0.540. The van der Waals surface area contributed by atoms with Gasteiger partial charge in [0.2, 0.25) is 5.91 Å². The van der Waals surface area contributed by atoms with E-state index in [1.54, 1.807) is 25.3 Å². The van der Waals surface area contributed by atoms with Gasteiger partial charge in [-0.2, -0.15) is 10.5 Å². The molecule has 2 N–H and O–H groups in total. The molecule has 1 unspecified atom stereocenters. The number of thioether (sulfide) groups is 1. The first kappa shape index (κ1) is 16.0. The van der Waals surface area contributed by atoms with Crippen LogP contribution in [0.5, 0.6) is 5.75 Å². The Kier molecular flexibility index (Phi) is 4.20. The van der Waals surface area contributed by atoms with E-state index in [1.165, 1.54) is 16.7 Å². The Bertz CT molecular complexity index is 860. The maximum absolute atomic E-state index is 12.2. The second kappa shape index (κ2) is 6.31. The molecule has 7 heteroatoms. The lowest BCUT2D eigenvalue weighted by Gasteiger charge is -2.36. The summed E-state index contributed by atoms with van der Waals surface area (Å²) < 4.78 is 5.24. The van der Waals surface area contributed by atoms with Crippen LogP contribution in [-0.2, 0) is 4.79 Å². The zero-order valence-corrected chi connectivity index (χ0v) is 13.8. The van der Waals surface area contributed by atoms with Gasteiger partial charge >= 0.3 is 0 Å². The number of carbonyl (C=O) groups is 1. The van der Waals surface area contributed by atoms with Gasteiger partial charge in [-0.25, -0.2) is 0 Å². The highest BCUT2D eigenvalue weighted by Crippen LogP contribution is 2.45. The van der Waals surface area contributed by atoms with Crippen molar-refractivity contribution in [2.45, 2.75) is 12.3 Å². The number of nitrogens with two attached hydrogens (primary N) is 1. The molecule has 6 nitrogen and oxygen atoms in total. The molecule has 1 aromatic rings. The minimum atomic E-state index is -0.597. The highest BCUT2D eigenvalue weighted by atomic mass is 32.2. The summed E-state index contributed by atoms with van der Waals surface area (Å²) >= 11 is 1.42. The average molecular weight is 338 g/mol. The molecule has 2 aliphatic heterocycles. The maximum atomic E-state index is 12.2. The molecule has 1 saturated heterocycles. The predicted molar refractivity (Wildman–Crippen MR) is 89.1 cm³/mol. The second-order valence-corrected chi connectivity index (χ2v) is 6.36. The van der Waals surface area contributed by atoms with Crippen molar-refractivity contribution in [3.63, 3.8) is 0 Å². The Morgan fingerprint density at radius 3 is 2.75 bits per heavy atom. The van der Waals surface area contributed by atoms with E-state index in [1.807, 2.05) is 6.07 Å². The standard InChI is InChI=1S/C17H14N4O2S/c1-23-11-4-2-3-10(7-11)15-12(8-18)16(20)21-14(22)5-6-24-17(21)13(15)9-19/h2-4,7,15H,5-6,20H2,1H3. The van der Waals surface area contributed by atoms with E-state index in [4.69, 9.17) is 10.5 Å². The van der Waals surface area contributed by atoms with Crippen LogP contribution in [0.15, 0.2) is 46.3 Å². The molecule has 0 bridgehead atoms. The lowest BCUT2D eigenvalue weighted by molar-refractivity contribution is -0.127. The normalized spacial score (nSPS) is 20.4. The molecule has 2 aliphatic rings. The zero-order chi connectivity index (χ0) is 17.3. The first-order chi connectivity index (χ1) is 11.6. The fraction of sp³-hybridized carbons (Fsp3) is 0.235. The summed E-state index contributed by atoms with van der Waals surface area (Å²) in [6.07, 6.45) is 0.329. The Morgan fingerprint density at radius 2 is 2.08 bits per heavy atom. The number of methoxy groups -OCH3 is 1. The number of allylic oxidation sites excluding steroid dienone is 2. The Labute approximate surface area is 143 Å². The summed E-state index contributed by atoms with van der Waals surface area (Å²) in [4.78, 5) is 13.5. The Hall–Kier alpha value is -2.90. The van der Waals surface area contributed by atoms with E-state index in [0.717, 1.165) is 5.56 Å². The summed E-state index contributed by atoms with van der Waals surface area (Å²) in [5.41, 5.74) is 7.43. The fourth-order valence-electron chi connectivity index (χ4n) is 2.89. The molecule has 0 radical (unpaired) electrons. The second-order valence-electron chi connectivity index (χ2n) is 5.28. The molecule has 1 amide bonds. The van der Waals surface area contributed by atoms with Crippen LogP contribution in [-0.4, -0.2) is 23.7 Å². The van der Waals surface area contributed by atoms with E-state index >= 15 is 0 Å². The quantitative estimate of drug-likeness (QED) is 0.886. The molecular weight excluding hydrogens is 324 g/mol. The van der Waals surface area contributed by atoms with Crippen molar-refractivity contribution in [2.24, 2.45) is 5.73 Å². The lowest BCUT2D eigenvalue weighted by Crippen LogP contribution is -2.40. The third kappa shape index (κ3) is 2.40. The zero-order valence-electron chi connectivity index (χ0n) is 12.9. The molecule has 0 spiro atoms. The summed E-state index contributed by atoms with van der Waals surface area (Å²) in [6.45, 7) is 0. The molecule has 1 fully saturated rings. The molecule has 0 aromatic heterocycles. The number of hydrogen-bond acceptors (Lipinski definition) is 6. The smallest absolute Gasteiger partial charge is 0.233 e. The van der Waals surface area contributed by atoms with Gasteiger partial charge in [0, 0.05) is 12.2 Å². The summed E-state index contributed by atoms with van der Waals surface area (Å²) in [5, 5.41) is 19.9. The molecule has 120 valence electrons. The number of benzene rings is 1. The molecule has 0 aliphatic carbocycles. The van der Waals surface area contributed by atoms with Crippen LogP contribution in [0.4, 0.5) is 0 Å². The van der Waals surface area contributed by atoms with E-state index in [0.29, 0.717) is 28.5 Å². The maximum Gasteiger partial charge on any atom is 0.233 e. The van der Waals surface area contributed by atoms with Crippen molar-refractivity contribution >= 4 is 17.7 Å². The Morgan fingerprint density at radius 1 is 1.33 bits per heavy atom. The van der Waals surface area contributed by atoms with Crippen LogP contribution >= 0.6 is 11.8 Å². The molecule has 0 saturated carbocycles. The van der Waals surface area contributed by atoms with Crippen molar-refractivity contribution in [3.8, 4) is 17.9 Å². The first-order valence-corrected chi connectivity index (χ1v) is 8.24. The number of nitrogens with zero attached hydrogens (tertiary/aromatic N) is 3. The van der Waals surface area contributed by atoms with Crippen LogP contribution in [0.2, 0.25) is 0 Å². The third-order valence-corrected chi connectivity index (χ3v) is 5.08. The number of amides is 1. The largest absolute Gasteiger partial charge is 0.497 e. The highest BCUT2D eigenvalue weighted by Gasteiger charge is 2.40. The van der Waals surface area contributed by atoms with Crippen LogP contribution in [0.1, 0.15) is 17.9 Å². The van der Waals surface area contributed by atoms with Gasteiger partial charge in [-0.3, -0.25) is 9.69 Å². The molecule has 2 heterocycles. The van der Waals surface area contributed by atoms with Crippen molar-refractivity contribution in [1.82, 2.24) is 4.90 Å². The number of fused-ring (bicyclic) bond motifs is 1. The summed E-state index contributed by atoms with van der Waals surface area (Å²) in [7, 11) is 1.55. The molecule has 3 rings (SSSR count). The number of carbonyl (C=O) groups excluding carboxylic acids is 1. The minimum Gasteiger partial charge on any atom is -0.497 e. The topological polar surface area (TPSA) is 103 Å². The third-order valence-electron chi connectivity index (χ3n) is 4.00. The van der Waals surface area contributed by atoms with Gasteiger partial charge in [0.25, 0.3) is 0 Å². The monoisotopic (exact) mass is 338 g/mol. The van der Waals surface area contributed by atoms with E-state index < -0.39 is 5.92 Å². The lowest BCUT2D eigenvalue weighted by atomic mass is 9.83. The SMILES string of the molecule is COc1cccc(C2C(C#N)=C(N)N3C(=O)CCSC3=C2C#N)c1. The molecular formula is C17H14N4O2S. The van der Waals surface area contributed by atoms with Crippen LogP contribution < -0.4 is 10.5 Å². The van der Waals surface area contributed by atoms with Gasteiger partial charge in [0.15, 0.2) is 0 Å². The average Bonchev–Trinajstić information content (AvgIpc) is 2.61. The van der Waals surface area contributed by atoms with E-state index in [-0.39, 0.29) is 17.3 Å². The van der Waals surface area contributed by atoms with Crippen molar-refractivity contribution in [1.29, 1.82) is 10.5 Å². The number of ether oxygens (including phenoxy) is 1. The van der Waals surface area contributed by atoms with Gasteiger partial charge in [0.1, 0.15) is 11.6 Å². The first-order valence-electron chi connectivity index (χ1n) is 7.26. The van der Waals surface area contributed by atoms with Gasteiger partial charge in [-0.15, -0.1) is 11.8 Å². The number of hydrogen-bond donors (Lipinski definition) is 1. The van der Waals surface area contributed by atoms with E-state index in [9.17, 15) is 15.3 Å². The Balaban J connectivity index is 2.23. The molecule has 24 heavy (non-hydrogen) atoms. The van der Waals surface area contributed by atoms with Crippen molar-refractivity contribution < 1.29 is 9.53 Å². The van der Waals surface area contributed by atoms with Crippen LogP contribution in [0.3, 0.4) is 0 Å². The van der Waals surface area contributed by atoms with Crippen molar-refractivity contribution in [2.75, 3.05) is 12.9 Å². The van der Waals surface area contributed by atoms with Gasteiger partial charge in [-0.1, -0.05) is 12.1 Å². The van der Waals surface area contributed by atoms with Crippen LogP contribution in [0.25, 0.3) is 0 Å². The summed E-state index contributed by atoms with van der Waals surface area (Å²) in [6, 6.07) is 11.4. The molecule has 1 aromatic carbocycles. The van der Waals surface area contributed by atoms with Gasteiger partial charge in [0.05, 0.1) is 41.3 Å². The van der Waals surface area contributed by atoms with Gasteiger partial charge < -0.3 is 10.5 Å². The molecule has 1 atom stereocenters. The van der Waals surface area contributed by atoms with Crippen molar-refractivity contribution in [3.05, 3.63) is 51.8 Å². The fourth-order valence-corrected chi connectivity index (χ4v) is 4.01.